The van der Waals surface area contributed by atoms with Crippen molar-refractivity contribution in [3.8, 4) is 0 Å². The van der Waals surface area contributed by atoms with Gasteiger partial charge in [-0.1, -0.05) is 0 Å². The number of carbonyl (C=O) groups is 1. The zero-order valence-corrected chi connectivity index (χ0v) is 11.6. The van der Waals surface area contributed by atoms with Crippen LogP contribution in [0.15, 0.2) is 24.9 Å². The quantitative estimate of drug-likeness (QED) is 0.924. The van der Waals surface area contributed by atoms with Crippen LogP contribution in [-0.4, -0.2) is 43.1 Å². The monoisotopic (exact) mass is 273 g/mol. The van der Waals surface area contributed by atoms with Gasteiger partial charge < -0.3 is 9.88 Å². The average molecular weight is 273 g/mol. The van der Waals surface area contributed by atoms with E-state index < -0.39 is 0 Å². The number of amides is 1. The van der Waals surface area contributed by atoms with Crippen LogP contribution in [0.1, 0.15) is 35.3 Å². The Morgan fingerprint density at radius 1 is 1.45 bits per heavy atom. The number of hydrogen-bond donors (Lipinski definition) is 1. The van der Waals surface area contributed by atoms with Gasteiger partial charge in [0.05, 0.1) is 31.3 Å². The van der Waals surface area contributed by atoms with Crippen molar-refractivity contribution in [2.75, 3.05) is 6.54 Å². The fraction of sp³-hybridized carbons (Fsp3) is 0.500. The summed E-state index contributed by atoms with van der Waals surface area (Å²) in [6.07, 6.45) is 10.3. The third-order valence-electron chi connectivity index (χ3n) is 3.78. The molecule has 1 unspecified atom stereocenters. The van der Waals surface area contributed by atoms with E-state index in [-0.39, 0.29) is 11.9 Å². The smallest absolute Gasteiger partial charge is 0.272 e. The topological polar surface area (TPSA) is 66.8 Å². The second-order valence-corrected chi connectivity index (χ2v) is 5.35. The normalized spacial score (nSPS) is 19.2. The number of aromatic nitrogens is 4. The molecule has 0 bridgehead atoms. The van der Waals surface area contributed by atoms with Crippen LogP contribution in [0.25, 0.3) is 0 Å². The fourth-order valence-electron chi connectivity index (χ4n) is 2.77. The number of rotatable bonds is 3. The second-order valence-electron chi connectivity index (χ2n) is 5.35. The summed E-state index contributed by atoms with van der Waals surface area (Å²) in [7, 11) is 0. The molecule has 2 aromatic heterocycles. The molecule has 1 fully saturated rings. The third kappa shape index (κ3) is 2.59. The van der Waals surface area contributed by atoms with Crippen molar-refractivity contribution in [1.29, 1.82) is 0 Å². The maximum Gasteiger partial charge on any atom is 0.272 e. The zero-order valence-electron chi connectivity index (χ0n) is 11.6. The van der Waals surface area contributed by atoms with Gasteiger partial charge >= 0.3 is 0 Å². The molecule has 0 spiro atoms. The van der Waals surface area contributed by atoms with Gasteiger partial charge in [-0.2, -0.15) is 5.10 Å². The number of imidazole rings is 1. The summed E-state index contributed by atoms with van der Waals surface area (Å²) in [6.45, 7) is 3.59. The van der Waals surface area contributed by atoms with Gasteiger partial charge in [0.15, 0.2) is 0 Å². The SMILES string of the molecule is Cc1cnn(CC2CCCCN2C(=O)c2cnc[nH]2)c1. The summed E-state index contributed by atoms with van der Waals surface area (Å²) in [5.41, 5.74) is 1.71. The van der Waals surface area contributed by atoms with E-state index in [0.717, 1.165) is 37.9 Å². The van der Waals surface area contributed by atoms with E-state index >= 15 is 0 Å². The minimum Gasteiger partial charge on any atom is -0.341 e. The van der Waals surface area contributed by atoms with Crippen molar-refractivity contribution in [3.05, 3.63) is 36.2 Å². The molecule has 0 radical (unpaired) electrons. The highest BCUT2D eigenvalue weighted by Gasteiger charge is 2.28. The molecular formula is C14H19N5O. The fourth-order valence-corrected chi connectivity index (χ4v) is 2.77. The molecule has 1 aliphatic rings. The van der Waals surface area contributed by atoms with Gasteiger partial charge in [0.25, 0.3) is 5.91 Å². The predicted octanol–water partition coefficient (Wildman–Crippen LogP) is 1.61. The van der Waals surface area contributed by atoms with Crippen molar-refractivity contribution in [2.24, 2.45) is 0 Å². The lowest BCUT2D eigenvalue weighted by Crippen LogP contribution is -2.46. The first-order valence-corrected chi connectivity index (χ1v) is 7.02. The molecule has 1 amide bonds. The Balaban J connectivity index is 1.75. The predicted molar refractivity (Wildman–Crippen MR) is 74.2 cm³/mol. The van der Waals surface area contributed by atoms with Gasteiger partial charge in [-0.05, 0) is 31.7 Å². The second kappa shape index (κ2) is 5.48. The lowest BCUT2D eigenvalue weighted by molar-refractivity contribution is 0.0578. The van der Waals surface area contributed by atoms with E-state index in [2.05, 4.69) is 15.1 Å². The summed E-state index contributed by atoms with van der Waals surface area (Å²) >= 11 is 0. The highest BCUT2D eigenvalue weighted by molar-refractivity contribution is 5.92. The van der Waals surface area contributed by atoms with Crippen LogP contribution in [0.3, 0.4) is 0 Å². The molecule has 1 saturated heterocycles. The van der Waals surface area contributed by atoms with E-state index in [1.807, 2.05) is 28.9 Å². The van der Waals surface area contributed by atoms with E-state index in [1.54, 1.807) is 12.5 Å². The van der Waals surface area contributed by atoms with Gasteiger partial charge in [-0.25, -0.2) is 4.98 Å². The Bertz CT molecular complexity index is 574. The van der Waals surface area contributed by atoms with E-state index in [0.29, 0.717) is 5.69 Å². The van der Waals surface area contributed by atoms with Gasteiger partial charge in [0.1, 0.15) is 5.69 Å². The summed E-state index contributed by atoms with van der Waals surface area (Å²) < 4.78 is 1.93. The molecule has 0 aromatic carbocycles. The molecule has 1 N–H and O–H groups in total. The first-order valence-electron chi connectivity index (χ1n) is 7.02. The van der Waals surface area contributed by atoms with Crippen molar-refractivity contribution in [1.82, 2.24) is 24.6 Å². The number of likely N-dealkylation sites (tertiary alicyclic amines) is 1. The molecule has 0 saturated carbocycles. The van der Waals surface area contributed by atoms with Crippen molar-refractivity contribution < 1.29 is 4.79 Å². The summed E-state index contributed by atoms with van der Waals surface area (Å²) in [6, 6.07) is 0.207. The molecule has 1 atom stereocenters. The molecule has 3 rings (SSSR count). The number of aryl methyl sites for hydroxylation is 1. The zero-order chi connectivity index (χ0) is 13.9. The standard InChI is InChI=1S/C14H19N5O/c1-11-6-17-18(8-11)9-12-4-2-3-5-19(12)14(20)13-7-15-10-16-13/h6-8,10,12H,2-5,9H2,1H3,(H,15,16). The van der Waals surface area contributed by atoms with E-state index in [1.165, 1.54) is 0 Å². The molecule has 0 aliphatic carbocycles. The molecule has 106 valence electrons. The van der Waals surface area contributed by atoms with Crippen molar-refractivity contribution in [3.63, 3.8) is 0 Å². The molecule has 6 heteroatoms. The number of nitrogens with zero attached hydrogens (tertiary/aromatic N) is 4. The third-order valence-corrected chi connectivity index (χ3v) is 3.78. The number of aromatic amines is 1. The Labute approximate surface area is 117 Å². The average Bonchev–Trinajstić information content (AvgIpc) is 3.10. The number of piperidine rings is 1. The summed E-state index contributed by atoms with van der Waals surface area (Å²) in [5.74, 6) is 0.0380. The van der Waals surface area contributed by atoms with Crippen LogP contribution in [0, 0.1) is 6.92 Å². The van der Waals surface area contributed by atoms with Crippen molar-refractivity contribution >= 4 is 5.91 Å². The number of hydrogen-bond acceptors (Lipinski definition) is 3. The molecule has 20 heavy (non-hydrogen) atoms. The highest BCUT2D eigenvalue weighted by Crippen LogP contribution is 2.20. The van der Waals surface area contributed by atoms with Gasteiger partial charge in [-0.15, -0.1) is 0 Å². The minimum absolute atomic E-state index is 0.0380. The van der Waals surface area contributed by atoms with Crippen LogP contribution in [0.4, 0.5) is 0 Å². The molecule has 3 heterocycles. The number of carbonyl (C=O) groups excluding carboxylic acids is 1. The maximum atomic E-state index is 12.5. The largest absolute Gasteiger partial charge is 0.341 e. The van der Waals surface area contributed by atoms with Crippen LogP contribution in [-0.2, 0) is 6.54 Å². The van der Waals surface area contributed by atoms with E-state index in [4.69, 9.17) is 0 Å². The summed E-state index contributed by atoms with van der Waals surface area (Å²) in [5, 5.41) is 4.32. The molecular weight excluding hydrogens is 254 g/mol. The van der Waals surface area contributed by atoms with Crippen LogP contribution in [0.2, 0.25) is 0 Å². The lowest BCUT2D eigenvalue weighted by Gasteiger charge is -2.35. The number of nitrogens with one attached hydrogen (secondary N) is 1. The van der Waals surface area contributed by atoms with Crippen molar-refractivity contribution in [2.45, 2.75) is 38.8 Å². The first-order chi connectivity index (χ1) is 9.74. The molecule has 6 nitrogen and oxygen atoms in total. The Morgan fingerprint density at radius 3 is 3.05 bits per heavy atom. The maximum absolute atomic E-state index is 12.5. The van der Waals surface area contributed by atoms with Gasteiger partial charge in [-0.3, -0.25) is 9.48 Å². The molecule has 1 aliphatic heterocycles. The lowest BCUT2D eigenvalue weighted by atomic mass is 10.0. The Kier molecular flexibility index (Phi) is 3.54. The first kappa shape index (κ1) is 12.9. The van der Waals surface area contributed by atoms with Crippen LogP contribution >= 0.6 is 0 Å². The molecule has 2 aromatic rings. The van der Waals surface area contributed by atoms with Crippen LogP contribution in [0.5, 0.6) is 0 Å². The number of H-pyrrole nitrogens is 1. The van der Waals surface area contributed by atoms with E-state index in [9.17, 15) is 4.79 Å². The Hall–Kier alpha value is -2.11. The highest BCUT2D eigenvalue weighted by atomic mass is 16.2. The Morgan fingerprint density at radius 2 is 2.35 bits per heavy atom. The summed E-state index contributed by atoms with van der Waals surface area (Å²) in [4.78, 5) is 21.3. The van der Waals surface area contributed by atoms with Crippen LogP contribution < -0.4 is 0 Å². The van der Waals surface area contributed by atoms with Gasteiger partial charge in [0.2, 0.25) is 0 Å². The van der Waals surface area contributed by atoms with Gasteiger partial charge in [0, 0.05) is 12.7 Å². The minimum atomic E-state index is 0.0380.